The molecule has 1 N–H and O–H groups in total. The van der Waals surface area contributed by atoms with Crippen molar-refractivity contribution in [1.82, 2.24) is 15.3 Å². The van der Waals surface area contributed by atoms with Crippen molar-refractivity contribution in [2.24, 2.45) is 11.8 Å². The second-order valence-electron chi connectivity index (χ2n) is 7.36. The Morgan fingerprint density at radius 1 is 1.12 bits per heavy atom. The van der Waals surface area contributed by atoms with Gasteiger partial charge in [-0.15, -0.1) is 0 Å². The normalized spacial score (nSPS) is 16.5. The van der Waals surface area contributed by atoms with Crippen molar-refractivity contribution in [2.75, 3.05) is 18.0 Å². The fourth-order valence-corrected chi connectivity index (χ4v) is 3.49. The van der Waals surface area contributed by atoms with Gasteiger partial charge in [-0.3, -0.25) is 4.79 Å². The fraction of sp³-hybridized carbons (Fsp3) is 0.476. The van der Waals surface area contributed by atoms with Gasteiger partial charge < -0.3 is 10.2 Å². The largest absolute Gasteiger partial charge is 0.353 e. The van der Waals surface area contributed by atoms with Gasteiger partial charge in [-0.1, -0.05) is 44.2 Å². The van der Waals surface area contributed by atoms with Crippen molar-refractivity contribution < 1.29 is 4.79 Å². The molecular weight excluding hydrogens is 324 g/mol. The van der Waals surface area contributed by atoms with Crippen LogP contribution in [0.1, 0.15) is 32.3 Å². The predicted octanol–water partition coefficient (Wildman–Crippen LogP) is 3.08. The third-order valence-corrected chi connectivity index (χ3v) is 5.12. The summed E-state index contributed by atoms with van der Waals surface area (Å²) in [7, 11) is 0. The summed E-state index contributed by atoms with van der Waals surface area (Å²) >= 11 is 0. The molecule has 0 aliphatic carbocycles. The molecule has 1 aliphatic heterocycles. The maximum atomic E-state index is 12.9. The SMILES string of the molecule is CC(C)C(Cc1ccccc1)C(=O)NC1CCN(c2ncccn2)CC1. The van der Waals surface area contributed by atoms with Crippen LogP contribution in [0.2, 0.25) is 0 Å². The molecule has 1 atom stereocenters. The zero-order valence-electron chi connectivity index (χ0n) is 15.6. The zero-order valence-corrected chi connectivity index (χ0v) is 15.6. The Morgan fingerprint density at radius 2 is 1.77 bits per heavy atom. The van der Waals surface area contributed by atoms with Crippen molar-refractivity contribution in [3.63, 3.8) is 0 Å². The quantitative estimate of drug-likeness (QED) is 0.868. The standard InChI is InChI=1S/C21H28N4O/c1-16(2)19(15-17-7-4-3-5-8-17)20(26)24-18-9-13-25(14-10-18)21-22-11-6-12-23-21/h3-8,11-12,16,18-19H,9-10,13-15H2,1-2H3,(H,24,26). The molecule has 5 heteroatoms. The lowest BCUT2D eigenvalue weighted by molar-refractivity contribution is -0.127. The second kappa shape index (κ2) is 8.79. The van der Waals surface area contributed by atoms with Gasteiger partial charge in [0, 0.05) is 37.4 Å². The molecule has 0 spiro atoms. The van der Waals surface area contributed by atoms with Crippen LogP contribution in [0, 0.1) is 11.8 Å². The first-order chi connectivity index (χ1) is 12.6. The highest BCUT2D eigenvalue weighted by Gasteiger charge is 2.27. The first kappa shape index (κ1) is 18.4. The summed E-state index contributed by atoms with van der Waals surface area (Å²) < 4.78 is 0. The van der Waals surface area contributed by atoms with Crippen LogP contribution in [0.5, 0.6) is 0 Å². The fourth-order valence-electron chi connectivity index (χ4n) is 3.49. The molecule has 138 valence electrons. The minimum Gasteiger partial charge on any atom is -0.353 e. The summed E-state index contributed by atoms with van der Waals surface area (Å²) in [5.41, 5.74) is 1.22. The van der Waals surface area contributed by atoms with Gasteiger partial charge in [-0.25, -0.2) is 9.97 Å². The van der Waals surface area contributed by atoms with E-state index in [1.807, 2.05) is 24.3 Å². The average molecular weight is 352 g/mol. The van der Waals surface area contributed by atoms with Crippen LogP contribution in [0.4, 0.5) is 5.95 Å². The number of benzene rings is 1. The van der Waals surface area contributed by atoms with Gasteiger partial charge in [0.2, 0.25) is 11.9 Å². The van der Waals surface area contributed by atoms with E-state index in [0.29, 0.717) is 5.92 Å². The Balaban J connectivity index is 1.53. The summed E-state index contributed by atoms with van der Waals surface area (Å²) in [4.78, 5) is 23.7. The van der Waals surface area contributed by atoms with Gasteiger partial charge in [0.15, 0.2) is 0 Å². The van der Waals surface area contributed by atoms with Gasteiger partial charge in [0.25, 0.3) is 0 Å². The molecule has 1 fully saturated rings. The Hall–Kier alpha value is -2.43. The van der Waals surface area contributed by atoms with Crippen LogP contribution < -0.4 is 10.2 Å². The lowest BCUT2D eigenvalue weighted by Crippen LogP contribution is -2.47. The summed E-state index contributed by atoms with van der Waals surface area (Å²) in [5, 5.41) is 3.29. The monoisotopic (exact) mass is 352 g/mol. The second-order valence-corrected chi connectivity index (χ2v) is 7.36. The molecule has 1 aliphatic rings. The topological polar surface area (TPSA) is 58.1 Å². The minimum atomic E-state index is 0.00730. The van der Waals surface area contributed by atoms with E-state index >= 15 is 0 Å². The van der Waals surface area contributed by atoms with Crippen LogP contribution in [-0.2, 0) is 11.2 Å². The van der Waals surface area contributed by atoms with Gasteiger partial charge in [-0.05, 0) is 36.8 Å². The molecule has 5 nitrogen and oxygen atoms in total. The number of carbonyl (C=O) groups excluding carboxylic acids is 1. The Morgan fingerprint density at radius 3 is 2.38 bits per heavy atom. The van der Waals surface area contributed by atoms with Gasteiger partial charge >= 0.3 is 0 Å². The highest BCUT2D eigenvalue weighted by Crippen LogP contribution is 2.20. The molecule has 26 heavy (non-hydrogen) atoms. The molecule has 2 heterocycles. The van der Waals surface area contributed by atoms with E-state index in [1.165, 1.54) is 5.56 Å². The molecule has 2 aromatic rings. The number of amides is 1. The maximum Gasteiger partial charge on any atom is 0.225 e. The third-order valence-electron chi connectivity index (χ3n) is 5.12. The molecule has 1 aromatic carbocycles. The molecule has 0 saturated carbocycles. The van der Waals surface area contributed by atoms with Crippen LogP contribution >= 0.6 is 0 Å². The highest BCUT2D eigenvalue weighted by atomic mass is 16.2. The Labute approximate surface area is 155 Å². The summed E-state index contributed by atoms with van der Waals surface area (Å²) in [6.07, 6.45) is 6.20. The number of carbonyl (C=O) groups is 1. The van der Waals surface area contributed by atoms with Crippen molar-refractivity contribution in [2.45, 2.75) is 39.2 Å². The van der Waals surface area contributed by atoms with E-state index in [4.69, 9.17) is 0 Å². The lowest BCUT2D eigenvalue weighted by atomic mass is 9.88. The van der Waals surface area contributed by atoms with E-state index in [2.05, 4.69) is 46.2 Å². The smallest absolute Gasteiger partial charge is 0.225 e. The van der Waals surface area contributed by atoms with Crippen molar-refractivity contribution >= 4 is 11.9 Å². The van der Waals surface area contributed by atoms with Crippen molar-refractivity contribution in [3.05, 3.63) is 54.4 Å². The number of aromatic nitrogens is 2. The van der Waals surface area contributed by atoms with E-state index < -0.39 is 0 Å². The van der Waals surface area contributed by atoms with Crippen LogP contribution in [-0.4, -0.2) is 35.0 Å². The van der Waals surface area contributed by atoms with Crippen LogP contribution in [0.15, 0.2) is 48.8 Å². The predicted molar refractivity (Wildman–Crippen MR) is 104 cm³/mol. The Kier molecular flexibility index (Phi) is 6.21. The lowest BCUT2D eigenvalue weighted by Gasteiger charge is -2.33. The number of nitrogens with one attached hydrogen (secondary N) is 1. The first-order valence-corrected chi connectivity index (χ1v) is 9.49. The Bertz CT molecular complexity index is 682. The van der Waals surface area contributed by atoms with E-state index in [1.54, 1.807) is 12.4 Å². The molecule has 1 unspecified atom stereocenters. The van der Waals surface area contributed by atoms with Crippen LogP contribution in [0.3, 0.4) is 0 Å². The van der Waals surface area contributed by atoms with Gasteiger partial charge in [-0.2, -0.15) is 0 Å². The number of hydrogen-bond acceptors (Lipinski definition) is 4. The van der Waals surface area contributed by atoms with Crippen LogP contribution in [0.25, 0.3) is 0 Å². The number of anilines is 1. The summed E-state index contributed by atoms with van der Waals surface area (Å²) in [6, 6.07) is 12.3. The molecule has 1 aromatic heterocycles. The number of piperidine rings is 1. The third kappa shape index (κ3) is 4.81. The minimum absolute atomic E-state index is 0.00730. The summed E-state index contributed by atoms with van der Waals surface area (Å²) in [5.74, 6) is 1.28. The zero-order chi connectivity index (χ0) is 18.4. The molecule has 0 radical (unpaired) electrons. The van der Waals surface area contributed by atoms with Crippen molar-refractivity contribution in [1.29, 1.82) is 0 Å². The molecule has 0 bridgehead atoms. The molecule has 1 saturated heterocycles. The maximum absolute atomic E-state index is 12.9. The summed E-state index contributed by atoms with van der Waals surface area (Å²) in [6.45, 7) is 6.01. The van der Waals surface area contributed by atoms with E-state index in [-0.39, 0.29) is 17.9 Å². The highest BCUT2D eigenvalue weighted by molar-refractivity contribution is 5.79. The first-order valence-electron chi connectivity index (χ1n) is 9.49. The average Bonchev–Trinajstić information content (AvgIpc) is 2.68. The number of hydrogen-bond donors (Lipinski definition) is 1. The van der Waals surface area contributed by atoms with Gasteiger partial charge in [0.1, 0.15) is 0 Å². The number of nitrogens with zero attached hydrogens (tertiary/aromatic N) is 3. The van der Waals surface area contributed by atoms with Crippen molar-refractivity contribution in [3.8, 4) is 0 Å². The van der Waals surface area contributed by atoms with E-state index in [9.17, 15) is 4.79 Å². The molecule has 1 amide bonds. The van der Waals surface area contributed by atoms with Gasteiger partial charge in [0.05, 0.1) is 0 Å². The van der Waals surface area contributed by atoms with E-state index in [0.717, 1.165) is 38.3 Å². The molecule has 3 rings (SSSR count). The molecular formula is C21H28N4O. The number of rotatable bonds is 6.